The van der Waals surface area contributed by atoms with E-state index in [1.807, 2.05) is 25.3 Å². The number of nitrogens with zero attached hydrogens (tertiary/aromatic N) is 3. The van der Waals surface area contributed by atoms with E-state index < -0.39 is 16.1 Å². The Morgan fingerprint density at radius 2 is 1.44 bits per heavy atom. The second-order valence-corrected chi connectivity index (χ2v) is 23.0. The summed E-state index contributed by atoms with van der Waals surface area (Å²) in [4.78, 5) is 9.92. The molecule has 0 aliphatic rings. The molecule has 39 heavy (non-hydrogen) atoms. The molecule has 0 amide bonds. The summed E-state index contributed by atoms with van der Waals surface area (Å²) >= 11 is 0. The summed E-state index contributed by atoms with van der Waals surface area (Å²) in [5.41, 5.74) is 9.16. The van der Waals surface area contributed by atoms with Gasteiger partial charge in [0.15, 0.2) is 0 Å². The number of aromatic nitrogens is 3. The second-order valence-electron chi connectivity index (χ2n) is 12.9. The maximum absolute atomic E-state index is 11.0. The molecule has 0 bridgehead atoms. The first kappa shape index (κ1) is 27.1. The molecule has 0 aliphatic heterocycles. The number of phenolic OH excluding ortho intramolecular Hbond substituents is 1. The number of phenols is 1. The molecule has 2 aromatic heterocycles. The molecule has 2 heterocycles. The Morgan fingerprint density at radius 1 is 0.744 bits per heavy atom. The molecule has 5 aromatic rings. The molecule has 0 atom stereocenters. The van der Waals surface area contributed by atoms with Crippen LogP contribution in [-0.4, -0.2) is 35.8 Å². The highest BCUT2D eigenvalue weighted by Gasteiger charge is 2.24. The van der Waals surface area contributed by atoms with Crippen molar-refractivity contribution in [1.29, 1.82) is 0 Å². The van der Waals surface area contributed by atoms with Crippen molar-refractivity contribution in [3.63, 3.8) is 0 Å². The maximum Gasteiger partial charge on any atom is 0.144 e. The fraction of sp³-hybridized carbons (Fsp3) is 0.273. The fourth-order valence-corrected chi connectivity index (χ4v) is 7.50. The van der Waals surface area contributed by atoms with Gasteiger partial charge in [-0.15, -0.1) is 0 Å². The molecule has 0 unspecified atom stereocenters. The Hall–Kier alpha value is -3.49. The zero-order chi connectivity index (χ0) is 28.3. The Kier molecular flexibility index (Phi) is 6.68. The van der Waals surface area contributed by atoms with Gasteiger partial charge in [-0.3, -0.25) is 4.98 Å². The van der Waals surface area contributed by atoms with E-state index in [1.54, 1.807) is 0 Å². The Balaban J connectivity index is 1.75. The molecule has 200 valence electrons. The van der Waals surface area contributed by atoms with Gasteiger partial charge in [-0.25, -0.2) is 4.98 Å². The lowest BCUT2D eigenvalue weighted by atomic mass is 10.00. The molecule has 0 radical (unpaired) electrons. The van der Waals surface area contributed by atoms with Crippen molar-refractivity contribution < 1.29 is 5.11 Å². The summed E-state index contributed by atoms with van der Waals surface area (Å²) < 4.78 is 2.14. The Labute approximate surface area is 234 Å². The Bertz CT molecular complexity index is 1720. The summed E-state index contributed by atoms with van der Waals surface area (Å²) in [7, 11) is -1.04. The first-order chi connectivity index (χ1) is 18.2. The molecule has 0 spiro atoms. The van der Waals surface area contributed by atoms with Crippen molar-refractivity contribution in [1.82, 2.24) is 14.5 Å². The van der Waals surface area contributed by atoms with E-state index in [2.05, 4.69) is 106 Å². The van der Waals surface area contributed by atoms with Gasteiger partial charge in [0.25, 0.3) is 0 Å². The highest BCUT2D eigenvalue weighted by molar-refractivity contribution is 6.89. The third-order valence-electron chi connectivity index (χ3n) is 7.63. The van der Waals surface area contributed by atoms with Crippen LogP contribution in [0.3, 0.4) is 0 Å². The SMILES string of the molecule is Cc1cc(C)c(O)c(-c2nc3c(-c4cccc(-c5cc([Si](C)(C)C)ccn5)c4)cc([Si](C)(C)C)cc3n2C)c1. The number of benzene rings is 3. The van der Waals surface area contributed by atoms with Crippen LogP contribution < -0.4 is 10.4 Å². The fourth-order valence-electron chi connectivity index (χ4n) is 5.21. The number of fused-ring (bicyclic) bond motifs is 1. The summed E-state index contributed by atoms with van der Waals surface area (Å²) in [5.74, 6) is 1.07. The molecule has 0 saturated carbocycles. The second kappa shape index (κ2) is 9.61. The normalized spacial score (nSPS) is 12.3. The van der Waals surface area contributed by atoms with Gasteiger partial charge in [0.05, 0.1) is 38.4 Å². The van der Waals surface area contributed by atoms with Gasteiger partial charge >= 0.3 is 0 Å². The van der Waals surface area contributed by atoms with E-state index in [0.29, 0.717) is 5.75 Å². The highest BCUT2D eigenvalue weighted by atomic mass is 28.3. The molecule has 5 rings (SSSR count). The van der Waals surface area contributed by atoms with E-state index in [9.17, 15) is 5.11 Å². The monoisotopic (exact) mass is 549 g/mol. The van der Waals surface area contributed by atoms with Crippen LogP contribution in [0.2, 0.25) is 39.3 Å². The predicted octanol–water partition coefficient (Wildman–Crippen LogP) is 7.38. The van der Waals surface area contributed by atoms with Crippen LogP contribution in [0.25, 0.3) is 44.8 Å². The number of pyridine rings is 1. The molecule has 3 aromatic carbocycles. The maximum atomic E-state index is 11.0. The third-order valence-corrected chi connectivity index (χ3v) is 11.7. The number of hydrogen-bond acceptors (Lipinski definition) is 3. The first-order valence-corrected chi connectivity index (χ1v) is 20.6. The van der Waals surface area contributed by atoms with Crippen molar-refractivity contribution in [3.05, 3.63) is 78.0 Å². The van der Waals surface area contributed by atoms with Crippen molar-refractivity contribution in [2.75, 3.05) is 0 Å². The lowest BCUT2D eigenvalue weighted by Gasteiger charge is -2.19. The number of aromatic hydroxyl groups is 1. The van der Waals surface area contributed by atoms with Gasteiger partial charge in [-0.2, -0.15) is 0 Å². The van der Waals surface area contributed by atoms with Crippen molar-refractivity contribution in [2.24, 2.45) is 7.05 Å². The average Bonchev–Trinajstić information content (AvgIpc) is 3.21. The summed E-state index contributed by atoms with van der Waals surface area (Å²) in [5, 5.41) is 13.8. The molecule has 0 fully saturated rings. The average molecular weight is 550 g/mol. The number of rotatable bonds is 5. The number of aryl methyl sites for hydroxylation is 3. The summed E-state index contributed by atoms with van der Waals surface area (Å²) in [6.07, 6.45) is 1.95. The lowest BCUT2D eigenvalue weighted by molar-refractivity contribution is 0.472. The molecular formula is C33H39N3OSi2. The Morgan fingerprint density at radius 3 is 2.13 bits per heavy atom. The van der Waals surface area contributed by atoms with E-state index in [1.165, 1.54) is 10.4 Å². The van der Waals surface area contributed by atoms with E-state index in [0.717, 1.165) is 55.9 Å². The predicted molar refractivity (Wildman–Crippen MR) is 172 cm³/mol. The van der Waals surface area contributed by atoms with Gasteiger partial charge < -0.3 is 9.67 Å². The molecule has 0 saturated heterocycles. The van der Waals surface area contributed by atoms with Crippen LogP contribution >= 0.6 is 0 Å². The van der Waals surface area contributed by atoms with E-state index in [-0.39, 0.29) is 0 Å². The van der Waals surface area contributed by atoms with Gasteiger partial charge in [0.1, 0.15) is 11.6 Å². The van der Waals surface area contributed by atoms with Crippen LogP contribution in [0.5, 0.6) is 5.75 Å². The minimum atomic E-state index is -1.64. The minimum absolute atomic E-state index is 0.293. The van der Waals surface area contributed by atoms with Gasteiger partial charge in [-0.1, -0.05) is 80.0 Å². The number of hydrogen-bond donors (Lipinski definition) is 1. The highest BCUT2D eigenvalue weighted by Crippen LogP contribution is 2.37. The van der Waals surface area contributed by atoms with Crippen molar-refractivity contribution in [2.45, 2.75) is 53.1 Å². The summed E-state index contributed by atoms with van der Waals surface area (Å²) in [6.45, 7) is 18.3. The quantitative estimate of drug-likeness (QED) is 0.233. The van der Waals surface area contributed by atoms with Crippen LogP contribution in [0.1, 0.15) is 11.1 Å². The van der Waals surface area contributed by atoms with Gasteiger partial charge in [0.2, 0.25) is 0 Å². The smallest absolute Gasteiger partial charge is 0.144 e. The molecule has 4 nitrogen and oxygen atoms in total. The van der Waals surface area contributed by atoms with Crippen molar-refractivity contribution >= 4 is 37.6 Å². The first-order valence-electron chi connectivity index (χ1n) is 13.6. The van der Waals surface area contributed by atoms with Crippen LogP contribution in [0, 0.1) is 13.8 Å². The lowest BCUT2D eigenvalue weighted by Crippen LogP contribution is -2.37. The standard InChI is InChI=1S/C33H39N3OSi2/c1-21-15-22(2)32(37)28(16-21)33-35-31-27(18-26(39(7,8)9)20-30(31)36(33)3)23-11-10-12-24(17-23)29-19-25(13-14-34-29)38(4,5)6/h10-20,37H,1-9H3. The van der Waals surface area contributed by atoms with Crippen LogP contribution in [0.15, 0.2) is 66.9 Å². The molecular weight excluding hydrogens is 511 g/mol. The zero-order valence-electron chi connectivity index (χ0n) is 24.6. The van der Waals surface area contributed by atoms with E-state index in [4.69, 9.17) is 9.97 Å². The summed E-state index contributed by atoms with van der Waals surface area (Å²) in [6, 6.07) is 21.8. The molecule has 1 N–H and O–H groups in total. The van der Waals surface area contributed by atoms with Crippen molar-refractivity contribution in [3.8, 4) is 39.5 Å². The van der Waals surface area contributed by atoms with Crippen LogP contribution in [0.4, 0.5) is 0 Å². The largest absolute Gasteiger partial charge is 0.507 e. The topological polar surface area (TPSA) is 50.9 Å². The molecule has 0 aliphatic carbocycles. The minimum Gasteiger partial charge on any atom is -0.507 e. The zero-order valence-corrected chi connectivity index (χ0v) is 26.6. The van der Waals surface area contributed by atoms with Gasteiger partial charge in [0, 0.05) is 24.4 Å². The van der Waals surface area contributed by atoms with Crippen LogP contribution in [-0.2, 0) is 7.05 Å². The third kappa shape index (κ3) is 5.11. The van der Waals surface area contributed by atoms with Gasteiger partial charge in [-0.05, 0) is 60.9 Å². The number of imidazole rings is 1. The molecule has 6 heteroatoms. The van der Waals surface area contributed by atoms with E-state index >= 15 is 0 Å².